The van der Waals surface area contributed by atoms with Gasteiger partial charge < -0.3 is 15.1 Å². The van der Waals surface area contributed by atoms with Gasteiger partial charge in [0.15, 0.2) is 5.96 Å². The highest BCUT2D eigenvalue weighted by molar-refractivity contribution is 14.0. The zero-order valence-electron chi connectivity index (χ0n) is 13.3. The van der Waals surface area contributed by atoms with Crippen molar-refractivity contribution in [3.63, 3.8) is 0 Å². The monoisotopic (exact) mass is 460 g/mol. The molecular weight excluding hydrogens is 439 g/mol. The number of anilines is 1. The van der Waals surface area contributed by atoms with Crippen LogP contribution in [0.15, 0.2) is 23.2 Å². The van der Waals surface area contributed by atoms with Gasteiger partial charge in [-0.1, -0.05) is 0 Å². The predicted molar refractivity (Wildman–Crippen MR) is 97.5 cm³/mol. The number of benzene rings is 1. The van der Waals surface area contributed by atoms with E-state index >= 15 is 0 Å². The summed E-state index contributed by atoms with van der Waals surface area (Å²) in [6.07, 6.45) is -2.49. The molecule has 136 valence electrons. The SMILES string of the molecule is CCNC(=NCC(F)F)N1CCN(c2cc(F)ccc2F)CC1.I. The molecule has 1 aliphatic rings. The van der Waals surface area contributed by atoms with Gasteiger partial charge in [0.05, 0.1) is 5.69 Å². The van der Waals surface area contributed by atoms with Gasteiger partial charge in [0.2, 0.25) is 0 Å². The summed E-state index contributed by atoms with van der Waals surface area (Å²) in [5.41, 5.74) is 0.221. The van der Waals surface area contributed by atoms with E-state index in [0.717, 1.165) is 12.1 Å². The van der Waals surface area contributed by atoms with Crippen molar-refractivity contribution < 1.29 is 17.6 Å². The van der Waals surface area contributed by atoms with Gasteiger partial charge >= 0.3 is 0 Å². The summed E-state index contributed by atoms with van der Waals surface area (Å²) in [6.45, 7) is 3.77. The number of alkyl halides is 2. The smallest absolute Gasteiger partial charge is 0.257 e. The number of nitrogens with zero attached hydrogens (tertiary/aromatic N) is 3. The highest BCUT2D eigenvalue weighted by atomic mass is 127. The topological polar surface area (TPSA) is 30.9 Å². The molecule has 1 aromatic rings. The molecular formula is C15H21F4IN4. The van der Waals surface area contributed by atoms with Crippen molar-refractivity contribution in [3.05, 3.63) is 29.8 Å². The van der Waals surface area contributed by atoms with Crippen molar-refractivity contribution >= 4 is 35.6 Å². The van der Waals surface area contributed by atoms with E-state index < -0.39 is 24.6 Å². The number of nitrogens with one attached hydrogen (secondary N) is 1. The highest BCUT2D eigenvalue weighted by Crippen LogP contribution is 2.21. The number of piperazine rings is 1. The molecule has 0 spiro atoms. The van der Waals surface area contributed by atoms with Crippen LogP contribution in [-0.2, 0) is 0 Å². The summed E-state index contributed by atoms with van der Waals surface area (Å²) >= 11 is 0. The molecule has 0 aromatic heterocycles. The molecule has 0 aliphatic carbocycles. The number of hydrogen-bond donors (Lipinski definition) is 1. The lowest BCUT2D eigenvalue weighted by molar-refractivity contribution is 0.158. The zero-order valence-corrected chi connectivity index (χ0v) is 15.6. The van der Waals surface area contributed by atoms with Crippen molar-refractivity contribution in [2.45, 2.75) is 13.3 Å². The van der Waals surface area contributed by atoms with Crippen LogP contribution in [0.5, 0.6) is 0 Å². The Morgan fingerprint density at radius 2 is 1.88 bits per heavy atom. The van der Waals surface area contributed by atoms with Crippen molar-refractivity contribution in [2.24, 2.45) is 4.99 Å². The highest BCUT2D eigenvalue weighted by Gasteiger charge is 2.22. The molecule has 1 N–H and O–H groups in total. The number of hydrogen-bond acceptors (Lipinski definition) is 2. The molecule has 0 amide bonds. The normalized spacial score (nSPS) is 15.5. The van der Waals surface area contributed by atoms with Crippen molar-refractivity contribution in [2.75, 3.05) is 44.2 Å². The zero-order chi connectivity index (χ0) is 16.8. The number of halogens is 5. The van der Waals surface area contributed by atoms with Gasteiger partial charge in [0.1, 0.15) is 18.2 Å². The van der Waals surface area contributed by atoms with Crippen LogP contribution >= 0.6 is 24.0 Å². The van der Waals surface area contributed by atoms with Crippen LogP contribution in [0, 0.1) is 11.6 Å². The van der Waals surface area contributed by atoms with Crippen LogP contribution in [0.1, 0.15) is 6.92 Å². The van der Waals surface area contributed by atoms with Crippen molar-refractivity contribution in [3.8, 4) is 0 Å². The minimum atomic E-state index is -2.49. The predicted octanol–water partition coefficient (Wildman–Crippen LogP) is 2.94. The largest absolute Gasteiger partial charge is 0.366 e. The molecule has 0 unspecified atom stereocenters. The molecule has 1 fully saturated rings. The molecule has 0 saturated carbocycles. The summed E-state index contributed by atoms with van der Waals surface area (Å²) in [5, 5.41) is 2.97. The van der Waals surface area contributed by atoms with Crippen LogP contribution in [0.4, 0.5) is 23.2 Å². The lowest BCUT2D eigenvalue weighted by atomic mass is 10.2. The second-order valence-corrected chi connectivity index (χ2v) is 5.16. The Balaban J connectivity index is 0.00000288. The third kappa shape index (κ3) is 5.67. The number of guanidine groups is 1. The molecule has 9 heteroatoms. The molecule has 0 atom stereocenters. The third-order valence-electron chi connectivity index (χ3n) is 3.54. The summed E-state index contributed by atoms with van der Waals surface area (Å²) in [5.74, 6) is -0.541. The van der Waals surface area contributed by atoms with Gasteiger partial charge in [-0.25, -0.2) is 22.6 Å². The van der Waals surface area contributed by atoms with Crippen LogP contribution in [-0.4, -0.2) is 56.6 Å². The first-order chi connectivity index (χ1) is 11.0. The molecule has 2 rings (SSSR count). The Labute approximate surface area is 155 Å². The van der Waals surface area contributed by atoms with E-state index in [9.17, 15) is 17.6 Å². The molecule has 24 heavy (non-hydrogen) atoms. The maximum atomic E-state index is 13.8. The van der Waals surface area contributed by atoms with E-state index in [1.54, 1.807) is 4.90 Å². The first-order valence-corrected chi connectivity index (χ1v) is 7.52. The fourth-order valence-electron chi connectivity index (χ4n) is 2.47. The van der Waals surface area contributed by atoms with Gasteiger partial charge in [-0.3, -0.25) is 0 Å². The minimum Gasteiger partial charge on any atom is -0.366 e. The average Bonchev–Trinajstić information content (AvgIpc) is 2.54. The van der Waals surface area contributed by atoms with Crippen LogP contribution in [0.3, 0.4) is 0 Å². The molecule has 0 radical (unpaired) electrons. The first kappa shape index (κ1) is 20.8. The Kier molecular flexibility index (Phi) is 8.57. The second-order valence-electron chi connectivity index (χ2n) is 5.16. The van der Waals surface area contributed by atoms with E-state index in [1.165, 1.54) is 6.07 Å². The quantitative estimate of drug-likeness (QED) is 0.325. The molecule has 1 aliphatic heterocycles. The van der Waals surface area contributed by atoms with Gasteiger partial charge in [-0.2, -0.15) is 0 Å². The van der Waals surface area contributed by atoms with E-state index in [4.69, 9.17) is 0 Å². The number of aliphatic imine (C=N–C) groups is 1. The molecule has 1 saturated heterocycles. The Hall–Kier alpha value is -1.26. The van der Waals surface area contributed by atoms with Crippen LogP contribution < -0.4 is 10.2 Å². The Morgan fingerprint density at radius 1 is 1.21 bits per heavy atom. The fourth-order valence-corrected chi connectivity index (χ4v) is 2.47. The summed E-state index contributed by atoms with van der Waals surface area (Å²) in [6, 6.07) is 3.35. The van der Waals surface area contributed by atoms with Crippen LogP contribution in [0.25, 0.3) is 0 Å². The number of rotatable bonds is 4. The van der Waals surface area contributed by atoms with E-state index in [0.29, 0.717) is 38.7 Å². The van der Waals surface area contributed by atoms with Gasteiger partial charge in [-0.05, 0) is 19.1 Å². The third-order valence-corrected chi connectivity index (χ3v) is 3.54. The van der Waals surface area contributed by atoms with Gasteiger partial charge in [0, 0.05) is 38.8 Å². The second kappa shape index (κ2) is 9.90. The minimum absolute atomic E-state index is 0. The molecule has 4 nitrogen and oxygen atoms in total. The summed E-state index contributed by atoms with van der Waals surface area (Å²) in [7, 11) is 0. The van der Waals surface area contributed by atoms with E-state index in [1.807, 2.05) is 11.8 Å². The molecule has 0 bridgehead atoms. The van der Waals surface area contributed by atoms with E-state index in [-0.39, 0.29) is 29.7 Å². The lowest BCUT2D eigenvalue weighted by Gasteiger charge is -2.37. The van der Waals surface area contributed by atoms with Gasteiger partial charge in [0.25, 0.3) is 6.43 Å². The average molecular weight is 460 g/mol. The Bertz CT molecular complexity index is 548. The van der Waals surface area contributed by atoms with Crippen LogP contribution in [0.2, 0.25) is 0 Å². The maximum absolute atomic E-state index is 13.8. The summed E-state index contributed by atoms with van der Waals surface area (Å²) in [4.78, 5) is 7.48. The lowest BCUT2D eigenvalue weighted by Crippen LogP contribution is -2.52. The van der Waals surface area contributed by atoms with Crippen molar-refractivity contribution in [1.29, 1.82) is 0 Å². The van der Waals surface area contributed by atoms with Gasteiger partial charge in [-0.15, -0.1) is 24.0 Å². The standard InChI is InChI=1S/C15H20F4N4.HI/c1-2-20-15(21-10-14(18)19)23-7-5-22(6-8-23)13-9-11(16)3-4-12(13)17;/h3-4,9,14H,2,5-8,10H2,1H3,(H,20,21);1H. The summed E-state index contributed by atoms with van der Waals surface area (Å²) < 4.78 is 51.7. The maximum Gasteiger partial charge on any atom is 0.257 e. The van der Waals surface area contributed by atoms with Crippen molar-refractivity contribution in [1.82, 2.24) is 10.2 Å². The molecule has 1 aromatic carbocycles. The fraction of sp³-hybridized carbons (Fsp3) is 0.533. The Morgan fingerprint density at radius 3 is 2.46 bits per heavy atom. The first-order valence-electron chi connectivity index (χ1n) is 7.52. The molecule has 1 heterocycles. The van der Waals surface area contributed by atoms with E-state index in [2.05, 4.69) is 10.3 Å².